The molecule has 0 fully saturated rings. The fourth-order valence-corrected chi connectivity index (χ4v) is 2.69. The van der Waals surface area contributed by atoms with Gasteiger partial charge in [0.1, 0.15) is 11.3 Å². The largest absolute Gasteiger partial charge is 0.461 e. The minimum Gasteiger partial charge on any atom is -0.461 e. The summed E-state index contributed by atoms with van der Waals surface area (Å²) in [7, 11) is 0. The van der Waals surface area contributed by atoms with Crippen LogP contribution in [0.3, 0.4) is 0 Å². The van der Waals surface area contributed by atoms with E-state index >= 15 is 0 Å². The molecule has 0 aliphatic rings. The van der Waals surface area contributed by atoms with Crippen molar-refractivity contribution in [3.8, 4) is 0 Å². The van der Waals surface area contributed by atoms with E-state index in [-0.39, 0.29) is 0 Å². The Morgan fingerprint density at radius 2 is 2.10 bits per heavy atom. The van der Waals surface area contributed by atoms with Crippen molar-refractivity contribution in [3.63, 3.8) is 0 Å². The molecule has 2 N–H and O–H groups in total. The first-order valence-corrected chi connectivity index (χ1v) is 7.42. The van der Waals surface area contributed by atoms with Crippen LogP contribution in [-0.4, -0.2) is 16.7 Å². The molecule has 4 heteroatoms. The molecule has 0 saturated carbocycles. The van der Waals surface area contributed by atoms with Gasteiger partial charge in [0, 0.05) is 23.2 Å². The summed E-state index contributed by atoms with van der Waals surface area (Å²) in [5.74, 6) is 1.01. The van der Waals surface area contributed by atoms with Crippen LogP contribution < -0.4 is 5.32 Å². The minimum absolute atomic E-state index is 0.854. The number of benzene rings is 1. The second-order valence-electron chi connectivity index (χ2n) is 5.43. The Morgan fingerprint density at radius 3 is 2.90 bits per heavy atom. The van der Waals surface area contributed by atoms with Gasteiger partial charge in [0.15, 0.2) is 0 Å². The Bertz CT molecular complexity index is 727. The van der Waals surface area contributed by atoms with Crippen LogP contribution in [0.2, 0.25) is 0 Å². The van der Waals surface area contributed by atoms with E-state index in [2.05, 4.69) is 34.6 Å². The van der Waals surface area contributed by atoms with Crippen LogP contribution in [0.1, 0.15) is 29.0 Å². The van der Waals surface area contributed by atoms with Gasteiger partial charge >= 0.3 is 0 Å². The van der Waals surface area contributed by atoms with Gasteiger partial charge < -0.3 is 9.73 Å². The molecule has 0 aliphatic heterocycles. The molecule has 0 saturated heterocycles. The molecular weight excluding hydrogens is 262 g/mol. The molecule has 2 heterocycles. The maximum absolute atomic E-state index is 5.78. The lowest BCUT2D eigenvalue weighted by Gasteiger charge is -2.04. The van der Waals surface area contributed by atoms with Gasteiger partial charge in [0.05, 0.1) is 6.20 Å². The first-order chi connectivity index (χ1) is 10.3. The van der Waals surface area contributed by atoms with Crippen LogP contribution in [-0.2, 0) is 13.0 Å². The van der Waals surface area contributed by atoms with Crippen LogP contribution in [0.15, 0.2) is 34.9 Å². The van der Waals surface area contributed by atoms with Gasteiger partial charge in [0.25, 0.3) is 0 Å². The maximum atomic E-state index is 5.78. The van der Waals surface area contributed by atoms with Crippen molar-refractivity contribution < 1.29 is 4.42 Å². The monoisotopic (exact) mass is 283 g/mol. The zero-order chi connectivity index (χ0) is 14.7. The molecule has 110 valence electrons. The number of aromatic amines is 1. The van der Waals surface area contributed by atoms with E-state index in [0.717, 1.165) is 37.3 Å². The highest BCUT2D eigenvalue weighted by Crippen LogP contribution is 2.24. The SMILES string of the molecule is Cc1[nH]ncc1CCCNCc1c(C)oc2ccccc12. The number of para-hydroxylation sites is 1. The van der Waals surface area contributed by atoms with Crippen LogP contribution in [0.4, 0.5) is 0 Å². The normalized spacial score (nSPS) is 11.3. The maximum Gasteiger partial charge on any atom is 0.134 e. The number of rotatable bonds is 6. The molecule has 21 heavy (non-hydrogen) atoms. The Labute approximate surface area is 124 Å². The summed E-state index contributed by atoms with van der Waals surface area (Å²) in [5, 5.41) is 11.8. The number of fused-ring (bicyclic) bond motifs is 1. The first kappa shape index (κ1) is 13.9. The van der Waals surface area contributed by atoms with Gasteiger partial charge in [-0.15, -0.1) is 0 Å². The Hall–Kier alpha value is -2.07. The molecule has 4 nitrogen and oxygen atoms in total. The second-order valence-corrected chi connectivity index (χ2v) is 5.43. The fraction of sp³-hybridized carbons (Fsp3) is 0.353. The molecule has 0 unspecified atom stereocenters. The summed E-state index contributed by atoms with van der Waals surface area (Å²) < 4.78 is 5.78. The summed E-state index contributed by atoms with van der Waals surface area (Å²) in [4.78, 5) is 0. The van der Waals surface area contributed by atoms with Crippen molar-refractivity contribution in [1.29, 1.82) is 0 Å². The van der Waals surface area contributed by atoms with Crippen molar-refractivity contribution in [3.05, 3.63) is 53.0 Å². The molecule has 0 atom stereocenters. The number of furan rings is 1. The highest BCUT2D eigenvalue weighted by molar-refractivity contribution is 5.82. The van der Waals surface area contributed by atoms with Crippen LogP contribution in [0.25, 0.3) is 11.0 Å². The Kier molecular flexibility index (Phi) is 4.06. The van der Waals surface area contributed by atoms with E-state index in [1.165, 1.54) is 22.2 Å². The number of aryl methyl sites for hydroxylation is 3. The quantitative estimate of drug-likeness (QED) is 0.681. The molecule has 0 radical (unpaired) electrons. The lowest BCUT2D eigenvalue weighted by atomic mass is 10.1. The highest BCUT2D eigenvalue weighted by atomic mass is 16.3. The predicted octanol–water partition coefficient (Wildman–Crippen LogP) is 3.50. The summed E-state index contributed by atoms with van der Waals surface area (Å²) in [6.07, 6.45) is 4.08. The zero-order valence-corrected chi connectivity index (χ0v) is 12.6. The summed E-state index contributed by atoms with van der Waals surface area (Å²) in [5.41, 5.74) is 4.72. The second kappa shape index (κ2) is 6.14. The highest BCUT2D eigenvalue weighted by Gasteiger charge is 2.09. The Balaban J connectivity index is 1.53. The number of H-pyrrole nitrogens is 1. The van der Waals surface area contributed by atoms with E-state index < -0.39 is 0 Å². The standard InChI is InChI=1S/C17H21N3O/c1-12-14(10-19-20-12)6-5-9-18-11-16-13(2)21-17-8-4-3-7-15(16)17/h3-4,7-8,10,18H,5-6,9,11H2,1-2H3,(H,19,20). The van der Waals surface area contributed by atoms with Crippen molar-refractivity contribution in [2.24, 2.45) is 0 Å². The van der Waals surface area contributed by atoms with E-state index in [4.69, 9.17) is 4.42 Å². The first-order valence-electron chi connectivity index (χ1n) is 7.42. The van der Waals surface area contributed by atoms with Crippen molar-refractivity contribution >= 4 is 11.0 Å². The van der Waals surface area contributed by atoms with E-state index in [0.29, 0.717) is 0 Å². The molecule has 0 spiro atoms. The van der Waals surface area contributed by atoms with Gasteiger partial charge in [-0.05, 0) is 44.9 Å². The molecule has 0 amide bonds. The topological polar surface area (TPSA) is 53.9 Å². The third kappa shape index (κ3) is 3.00. The summed E-state index contributed by atoms with van der Waals surface area (Å²) in [6, 6.07) is 8.21. The van der Waals surface area contributed by atoms with Crippen molar-refractivity contribution in [2.75, 3.05) is 6.54 Å². The van der Waals surface area contributed by atoms with Crippen LogP contribution >= 0.6 is 0 Å². The lowest BCUT2D eigenvalue weighted by molar-refractivity contribution is 0.563. The molecule has 2 aromatic heterocycles. The number of aromatic nitrogens is 2. The Morgan fingerprint density at radius 1 is 1.24 bits per heavy atom. The average Bonchev–Trinajstić information content (AvgIpc) is 3.02. The average molecular weight is 283 g/mol. The van der Waals surface area contributed by atoms with Crippen LogP contribution in [0.5, 0.6) is 0 Å². The minimum atomic E-state index is 0.854. The van der Waals surface area contributed by atoms with Gasteiger partial charge in [-0.25, -0.2) is 0 Å². The smallest absolute Gasteiger partial charge is 0.134 e. The van der Waals surface area contributed by atoms with E-state index in [1.54, 1.807) is 0 Å². The lowest BCUT2D eigenvalue weighted by Crippen LogP contribution is -2.15. The zero-order valence-electron chi connectivity index (χ0n) is 12.6. The number of hydrogen-bond acceptors (Lipinski definition) is 3. The molecular formula is C17H21N3O. The third-order valence-electron chi connectivity index (χ3n) is 3.94. The summed E-state index contributed by atoms with van der Waals surface area (Å²) in [6.45, 7) is 5.94. The fourth-order valence-electron chi connectivity index (χ4n) is 2.69. The van der Waals surface area contributed by atoms with Crippen molar-refractivity contribution in [1.82, 2.24) is 15.5 Å². The number of nitrogens with one attached hydrogen (secondary N) is 2. The van der Waals surface area contributed by atoms with Gasteiger partial charge in [0.2, 0.25) is 0 Å². The molecule has 0 bridgehead atoms. The third-order valence-corrected chi connectivity index (χ3v) is 3.94. The number of nitrogens with zero attached hydrogens (tertiary/aromatic N) is 1. The molecule has 3 aromatic rings. The van der Waals surface area contributed by atoms with Crippen LogP contribution in [0, 0.1) is 13.8 Å². The van der Waals surface area contributed by atoms with E-state index in [1.807, 2.05) is 25.3 Å². The molecule has 3 rings (SSSR count). The van der Waals surface area contributed by atoms with Gasteiger partial charge in [-0.2, -0.15) is 5.10 Å². The van der Waals surface area contributed by atoms with Gasteiger partial charge in [-0.1, -0.05) is 18.2 Å². The number of hydrogen-bond donors (Lipinski definition) is 2. The predicted molar refractivity (Wildman–Crippen MR) is 84.3 cm³/mol. The van der Waals surface area contributed by atoms with E-state index in [9.17, 15) is 0 Å². The summed E-state index contributed by atoms with van der Waals surface area (Å²) >= 11 is 0. The van der Waals surface area contributed by atoms with Gasteiger partial charge in [-0.3, -0.25) is 5.10 Å². The molecule has 0 aliphatic carbocycles. The molecule has 1 aromatic carbocycles. The van der Waals surface area contributed by atoms with Crippen molar-refractivity contribution in [2.45, 2.75) is 33.2 Å².